The number of aliphatic hydroxyl groups excluding tert-OH is 1. The summed E-state index contributed by atoms with van der Waals surface area (Å²) in [6, 6.07) is 7.70. The largest absolute Gasteiger partial charge is 0.394 e. The molecule has 0 amide bonds. The highest BCUT2D eigenvalue weighted by molar-refractivity contribution is 6.30. The Kier molecular flexibility index (Phi) is 6.09. The predicted octanol–water partition coefficient (Wildman–Crippen LogP) is 2.09. The number of halogens is 1. The van der Waals surface area contributed by atoms with Gasteiger partial charge in [-0.05, 0) is 38.2 Å². The van der Waals surface area contributed by atoms with E-state index in [-0.39, 0.29) is 6.61 Å². The summed E-state index contributed by atoms with van der Waals surface area (Å²) < 4.78 is 0. The molecule has 0 saturated carbocycles. The fourth-order valence-electron chi connectivity index (χ4n) is 2.00. The lowest BCUT2D eigenvalue weighted by Gasteiger charge is -2.33. The van der Waals surface area contributed by atoms with Crippen LogP contribution >= 0.6 is 11.6 Å². The summed E-state index contributed by atoms with van der Waals surface area (Å²) in [7, 11) is 4.07. The van der Waals surface area contributed by atoms with Gasteiger partial charge in [-0.15, -0.1) is 0 Å². The molecule has 1 atom stereocenters. The van der Waals surface area contributed by atoms with Crippen molar-refractivity contribution in [1.29, 1.82) is 0 Å². The van der Waals surface area contributed by atoms with Crippen molar-refractivity contribution < 1.29 is 5.11 Å². The summed E-state index contributed by atoms with van der Waals surface area (Å²) in [5.74, 6) is 0. The molecule has 1 aromatic carbocycles. The zero-order valence-corrected chi connectivity index (χ0v) is 12.2. The highest BCUT2D eigenvalue weighted by atomic mass is 35.5. The molecule has 0 heterocycles. The lowest BCUT2D eigenvalue weighted by molar-refractivity contribution is 0.152. The Morgan fingerprint density at radius 2 is 2.11 bits per heavy atom. The number of aliphatic hydroxyl groups is 1. The minimum absolute atomic E-state index is 0.0667. The molecule has 102 valence electrons. The fraction of sp³-hybridized carbons (Fsp3) is 0.571. The molecule has 0 aliphatic carbocycles. The fourth-order valence-corrected chi connectivity index (χ4v) is 2.19. The zero-order chi connectivity index (χ0) is 13.6. The lowest BCUT2D eigenvalue weighted by atomic mass is 9.88. The maximum Gasteiger partial charge on any atom is 0.0667 e. The molecule has 0 aliphatic heterocycles. The summed E-state index contributed by atoms with van der Waals surface area (Å²) in [6.07, 6.45) is 0.817. The van der Waals surface area contributed by atoms with E-state index in [1.807, 2.05) is 38.4 Å². The molecule has 18 heavy (non-hydrogen) atoms. The Labute approximate surface area is 115 Å². The minimum atomic E-state index is -0.402. The van der Waals surface area contributed by atoms with Crippen LogP contribution in [0, 0.1) is 0 Å². The predicted molar refractivity (Wildman–Crippen MR) is 77.1 cm³/mol. The van der Waals surface area contributed by atoms with E-state index in [9.17, 15) is 5.11 Å². The molecule has 0 saturated heterocycles. The molecule has 0 bridgehead atoms. The maximum absolute atomic E-state index is 9.77. The number of nitrogens with zero attached hydrogens (tertiary/aromatic N) is 1. The van der Waals surface area contributed by atoms with E-state index in [2.05, 4.69) is 17.1 Å². The van der Waals surface area contributed by atoms with Crippen LogP contribution in [0.1, 0.15) is 18.9 Å². The summed E-state index contributed by atoms with van der Waals surface area (Å²) in [5.41, 5.74) is 0.639. The third-order valence-electron chi connectivity index (χ3n) is 3.27. The van der Waals surface area contributed by atoms with Crippen molar-refractivity contribution >= 4 is 11.6 Å². The van der Waals surface area contributed by atoms with Gasteiger partial charge in [0, 0.05) is 18.1 Å². The Bertz CT molecular complexity index is 365. The Morgan fingerprint density at radius 3 is 2.61 bits per heavy atom. The van der Waals surface area contributed by atoms with Gasteiger partial charge >= 0.3 is 0 Å². The summed E-state index contributed by atoms with van der Waals surface area (Å²) in [4.78, 5) is 2.11. The number of rotatable bonds is 7. The minimum Gasteiger partial charge on any atom is -0.394 e. The van der Waals surface area contributed by atoms with Crippen molar-refractivity contribution in [1.82, 2.24) is 10.2 Å². The van der Waals surface area contributed by atoms with Crippen LogP contribution in [-0.4, -0.2) is 43.8 Å². The molecule has 0 radical (unpaired) electrons. The van der Waals surface area contributed by atoms with Gasteiger partial charge in [-0.3, -0.25) is 0 Å². The lowest BCUT2D eigenvalue weighted by Crippen LogP contribution is -2.47. The van der Waals surface area contributed by atoms with Crippen LogP contribution in [0.2, 0.25) is 5.02 Å². The second-order valence-corrected chi connectivity index (χ2v) is 5.27. The van der Waals surface area contributed by atoms with E-state index in [0.717, 1.165) is 25.1 Å². The van der Waals surface area contributed by atoms with Crippen LogP contribution in [-0.2, 0) is 5.54 Å². The van der Waals surface area contributed by atoms with Gasteiger partial charge in [-0.1, -0.05) is 30.7 Å². The third-order valence-corrected chi connectivity index (χ3v) is 3.51. The normalized spacial score (nSPS) is 14.8. The molecule has 0 fully saturated rings. The second-order valence-electron chi connectivity index (χ2n) is 4.83. The zero-order valence-electron chi connectivity index (χ0n) is 11.4. The van der Waals surface area contributed by atoms with Gasteiger partial charge < -0.3 is 15.3 Å². The summed E-state index contributed by atoms with van der Waals surface area (Å²) in [6.45, 7) is 3.90. The Balaban J connectivity index is 2.85. The number of hydrogen-bond donors (Lipinski definition) is 2. The van der Waals surface area contributed by atoms with Gasteiger partial charge in [-0.2, -0.15) is 0 Å². The molecule has 1 rings (SSSR count). The number of hydrogen-bond acceptors (Lipinski definition) is 3. The van der Waals surface area contributed by atoms with E-state index in [1.54, 1.807) is 0 Å². The van der Waals surface area contributed by atoms with Crippen LogP contribution in [0.15, 0.2) is 24.3 Å². The van der Waals surface area contributed by atoms with Gasteiger partial charge in [0.1, 0.15) is 0 Å². The first-order chi connectivity index (χ1) is 8.54. The smallest absolute Gasteiger partial charge is 0.0667 e. The number of likely N-dealkylation sites (N-methyl/N-ethyl adjacent to an activating group) is 1. The van der Waals surface area contributed by atoms with Crippen molar-refractivity contribution in [2.24, 2.45) is 0 Å². The highest BCUT2D eigenvalue weighted by Crippen LogP contribution is 2.26. The molecule has 1 unspecified atom stereocenters. The molecule has 2 N–H and O–H groups in total. The average molecular weight is 271 g/mol. The molecular weight excluding hydrogens is 248 g/mol. The molecular formula is C14H23ClN2O. The average Bonchev–Trinajstić information content (AvgIpc) is 2.35. The van der Waals surface area contributed by atoms with E-state index < -0.39 is 5.54 Å². The van der Waals surface area contributed by atoms with E-state index in [1.165, 1.54) is 0 Å². The van der Waals surface area contributed by atoms with Crippen molar-refractivity contribution in [2.75, 3.05) is 33.8 Å². The standard InChI is InChI=1S/C14H23ClN2O/c1-4-14(11-18,16-8-9-17(2)3)12-6-5-7-13(15)10-12/h5-7,10,16,18H,4,8-9,11H2,1-3H3. The van der Waals surface area contributed by atoms with E-state index in [4.69, 9.17) is 11.6 Å². The molecule has 0 aliphatic rings. The molecule has 1 aromatic rings. The van der Waals surface area contributed by atoms with Gasteiger partial charge in [0.05, 0.1) is 12.1 Å². The first kappa shape index (κ1) is 15.4. The van der Waals surface area contributed by atoms with Crippen molar-refractivity contribution in [3.8, 4) is 0 Å². The molecule has 0 spiro atoms. The molecule has 3 nitrogen and oxygen atoms in total. The maximum atomic E-state index is 9.77. The van der Waals surface area contributed by atoms with Crippen molar-refractivity contribution in [3.05, 3.63) is 34.9 Å². The Hall–Kier alpha value is -0.610. The first-order valence-electron chi connectivity index (χ1n) is 6.30. The summed E-state index contributed by atoms with van der Waals surface area (Å²) >= 11 is 6.03. The number of nitrogens with one attached hydrogen (secondary N) is 1. The van der Waals surface area contributed by atoms with Gasteiger partial charge in [-0.25, -0.2) is 0 Å². The number of benzene rings is 1. The summed E-state index contributed by atoms with van der Waals surface area (Å²) in [5, 5.41) is 13.9. The van der Waals surface area contributed by atoms with E-state index >= 15 is 0 Å². The van der Waals surface area contributed by atoms with Gasteiger partial charge in [0.25, 0.3) is 0 Å². The van der Waals surface area contributed by atoms with E-state index in [0.29, 0.717) is 5.02 Å². The van der Waals surface area contributed by atoms with Crippen LogP contribution in [0.25, 0.3) is 0 Å². The van der Waals surface area contributed by atoms with Crippen LogP contribution < -0.4 is 5.32 Å². The second kappa shape index (κ2) is 7.10. The van der Waals surface area contributed by atoms with Gasteiger partial charge in [0.2, 0.25) is 0 Å². The first-order valence-corrected chi connectivity index (χ1v) is 6.68. The monoisotopic (exact) mass is 270 g/mol. The van der Waals surface area contributed by atoms with Crippen LogP contribution in [0.4, 0.5) is 0 Å². The SMILES string of the molecule is CCC(CO)(NCCN(C)C)c1cccc(Cl)c1. The molecule has 0 aromatic heterocycles. The van der Waals surface area contributed by atoms with Crippen LogP contribution in [0.3, 0.4) is 0 Å². The van der Waals surface area contributed by atoms with Gasteiger partial charge in [0.15, 0.2) is 0 Å². The third kappa shape index (κ3) is 3.95. The van der Waals surface area contributed by atoms with Crippen molar-refractivity contribution in [2.45, 2.75) is 18.9 Å². The Morgan fingerprint density at radius 1 is 1.39 bits per heavy atom. The quantitative estimate of drug-likeness (QED) is 0.796. The van der Waals surface area contributed by atoms with Crippen LogP contribution in [0.5, 0.6) is 0 Å². The topological polar surface area (TPSA) is 35.5 Å². The molecule has 4 heteroatoms. The van der Waals surface area contributed by atoms with Crippen molar-refractivity contribution in [3.63, 3.8) is 0 Å². The highest BCUT2D eigenvalue weighted by Gasteiger charge is 2.28.